The van der Waals surface area contributed by atoms with Gasteiger partial charge in [-0.25, -0.2) is 0 Å². The molecule has 0 aromatic rings. The Labute approximate surface area is 76.7 Å². The van der Waals surface area contributed by atoms with Crippen LogP contribution in [-0.4, -0.2) is 35.6 Å². The monoisotopic (exact) mass is 189 g/mol. The minimum Gasteiger partial charge on any atom is -0.335 e. The van der Waals surface area contributed by atoms with E-state index in [1.54, 1.807) is 4.90 Å². The highest BCUT2D eigenvalue weighted by atomic mass is 35.5. The number of hydrogen-bond acceptors (Lipinski definition) is 2. The van der Waals surface area contributed by atoms with Crippen molar-refractivity contribution >= 4 is 23.8 Å². The summed E-state index contributed by atoms with van der Waals surface area (Å²) >= 11 is 5.42. The summed E-state index contributed by atoms with van der Waals surface area (Å²) in [5.74, 6) is -0.0295. The Morgan fingerprint density at radius 2 is 2.33 bits per heavy atom. The number of hydrogen-bond donors (Lipinski definition) is 0. The molecule has 0 bridgehead atoms. The molecule has 1 saturated heterocycles. The molecule has 3 nitrogen and oxygen atoms in total. The predicted molar refractivity (Wildman–Crippen MR) is 46.1 cm³/mol. The lowest BCUT2D eigenvalue weighted by Gasteiger charge is -2.30. The topological polar surface area (TPSA) is 37.4 Å². The lowest BCUT2D eigenvalue weighted by Crippen LogP contribution is -2.44. The second kappa shape index (κ2) is 4.45. The van der Waals surface area contributed by atoms with Crippen LogP contribution in [-0.2, 0) is 9.59 Å². The summed E-state index contributed by atoms with van der Waals surface area (Å²) in [4.78, 5) is 23.3. The Hall–Kier alpha value is -0.570. The van der Waals surface area contributed by atoms with Crippen LogP contribution in [0.15, 0.2) is 0 Å². The molecule has 0 aliphatic carbocycles. The van der Waals surface area contributed by atoms with Crippen molar-refractivity contribution in [3.63, 3.8) is 0 Å². The van der Waals surface area contributed by atoms with E-state index in [0.29, 0.717) is 6.54 Å². The lowest BCUT2D eigenvalue weighted by atomic mass is 10.00. The standard InChI is InChI=1S/C8H12ClNO2/c9-5-8(12)7-3-1-2-4-10(7)6-11/h6-7H,1-5H2. The number of ketones is 1. The number of carbonyl (C=O) groups is 2. The zero-order valence-corrected chi connectivity index (χ0v) is 7.59. The highest BCUT2D eigenvalue weighted by Crippen LogP contribution is 2.16. The van der Waals surface area contributed by atoms with Crippen LogP contribution in [0.25, 0.3) is 0 Å². The Morgan fingerprint density at radius 1 is 1.58 bits per heavy atom. The maximum absolute atomic E-state index is 11.2. The van der Waals surface area contributed by atoms with Crippen LogP contribution < -0.4 is 0 Å². The number of alkyl halides is 1. The van der Waals surface area contributed by atoms with Crippen LogP contribution in [0.5, 0.6) is 0 Å². The Kier molecular flexibility index (Phi) is 3.53. The third-order valence-electron chi connectivity index (χ3n) is 2.18. The quantitative estimate of drug-likeness (QED) is 0.487. The van der Waals surface area contributed by atoms with E-state index >= 15 is 0 Å². The maximum Gasteiger partial charge on any atom is 0.210 e. The Morgan fingerprint density at radius 3 is 2.92 bits per heavy atom. The molecule has 1 aliphatic rings. The van der Waals surface area contributed by atoms with Crippen molar-refractivity contribution in [1.82, 2.24) is 4.90 Å². The molecule has 1 amide bonds. The molecule has 1 fully saturated rings. The van der Waals surface area contributed by atoms with Crippen LogP contribution in [0.4, 0.5) is 0 Å². The van der Waals surface area contributed by atoms with Crippen molar-refractivity contribution in [3.05, 3.63) is 0 Å². The molecule has 1 atom stereocenters. The number of halogens is 1. The number of carbonyl (C=O) groups excluding carboxylic acids is 2. The van der Waals surface area contributed by atoms with Gasteiger partial charge in [0.2, 0.25) is 6.41 Å². The zero-order chi connectivity index (χ0) is 8.97. The second-order valence-electron chi connectivity index (χ2n) is 2.95. The molecule has 1 unspecified atom stereocenters. The van der Waals surface area contributed by atoms with E-state index in [2.05, 4.69) is 0 Å². The molecule has 0 saturated carbocycles. The van der Waals surface area contributed by atoms with Crippen molar-refractivity contribution in [1.29, 1.82) is 0 Å². The van der Waals surface area contributed by atoms with Gasteiger partial charge in [-0.3, -0.25) is 9.59 Å². The molecule has 1 heterocycles. The summed E-state index contributed by atoms with van der Waals surface area (Å²) in [6.45, 7) is 0.691. The van der Waals surface area contributed by atoms with Crippen molar-refractivity contribution in [2.45, 2.75) is 25.3 Å². The van der Waals surface area contributed by atoms with Gasteiger partial charge in [0.25, 0.3) is 0 Å². The second-order valence-corrected chi connectivity index (χ2v) is 3.22. The number of amides is 1. The van der Waals surface area contributed by atoms with Crippen LogP contribution in [0.3, 0.4) is 0 Å². The third kappa shape index (κ3) is 1.97. The van der Waals surface area contributed by atoms with Gasteiger partial charge < -0.3 is 4.90 Å². The molecular formula is C8H12ClNO2. The fourth-order valence-corrected chi connectivity index (χ4v) is 1.69. The number of likely N-dealkylation sites (tertiary alicyclic amines) is 1. The number of nitrogens with zero attached hydrogens (tertiary/aromatic N) is 1. The fourth-order valence-electron chi connectivity index (χ4n) is 1.51. The number of rotatable bonds is 3. The van der Waals surface area contributed by atoms with Crippen molar-refractivity contribution < 1.29 is 9.59 Å². The lowest BCUT2D eigenvalue weighted by molar-refractivity contribution is -0.131. The molecule has 12 heavy (non-hydrogen) atoms. The highest BCUT2D eigenvalue weighted by Gasteiger charge is 2.26. The van der Waals surface area contributed by atoms with Crippen LogP contribution in [0.1, 0.15) is 19.3 Å². The molecule has 0 radical (unpaired) electrons. The number of piperidine rings is 1. The largest absolute Gasteiger partial charge is 0.335 e. The molecule has 0 aromatic heterocycles. The van der Waals surface area contributed by atoms with Crippen LogP contribution in [0.2, 0.25) is 0 Å². The van der Waals surface area contributed by atoms with Gasteiger partial charge in [0.05, 0.1) is 11.9 Å². The first-order valence-electron chi connectivity index (χ1n) is 4.09. The Balaban J connectivity index is 2.58. The van der Waals surface area contributed by atoms with E-state index in [0.717, 1.165) is 25.7 Å². The summed E-state index contributed by atoms with van der Waals surface area (Å²) in [7, 11) is 0. The van der Waals surface area contributed by atoms with E-state index in [1.165, 1.54) is 0 Å². The van der Waals surface area contributed by atoms with Gasteiger partial charge in [0, 0.05) is 6.54 Å². The molecular weight excluding hydrogens is 178 g/mol. The maximum atomic E-state index is 11.2. The minimum absolute atomic E-state index is 0.00894. The summed E-state index contributed by atoms with van der Waals surface area (Å²) in [6, 6.07) is -0.256. The fraction of sp³-hybridized carbons (Fsp3) is 0.750. The van der Waals surface area contributed by atoms with Gasteiger partial charge in [0.1, 0.15) is 0 Å². The summed E-state index contributed by atoms with van der Waals surface area (Å²) in [6.07, 6.45) is 3.51. The molecule has 0 spiro atoms. The van der Waals surface area contributed by atoms with Crippen molar-refractivity contribution in [2.75, 3.05) is 12.4 Å². The van der Waals surface area contributed by atoms with E-state index in [9.17, 15) is 9.59 Å². The average Bonchev–Trinajstić information content (AvgIpc) is 2.16. The van der Waals surface area contributed by atoms with E-state index < -0.39 is 0 Å². The van der Waals surface area contributed by atoms with Crippen molar-refractivity contribution in [2.24, 2.45) is 0 Å². The van der Waals surface area contributed by atoms with Gasteiger partial charge >= 0.3 is 0 Å². The third-order valence-corrected chi connectivity index (χ3v) is 2.45. The van der Waals surface area contributed by atoms with Gasteiger partial charge in [0.15, 0.2) is 5.78 Å². The molecule has 0 N–H and O–H groups in total. The Bertz CT molecular complexity index is 184. The van der Waals surface area contributed by atoms with E-state index in [1.807, 2.05) is 0 Å². The molecule has 1 rings (SSSR count). The first-order chi connectivity index (χ1) is 5.79. The zero-order valence-electron chi connectivity index (χ0n) is 6.83. The normalized spacial score (nSPS) is 23.8. The SMILES string of the molecule is O=CN1CCCCC1C(=O)CCl. The van der Waals surface area contributed by atoms with E-state index in [4.69, 9.17) is 11.6 Å². The van der Waals surface area contributed by atoms with Crippen LogP contribution in [0, 0.1) is 0 Å². The average molecular weight is 190 g/mol. The van der Waals surface area contributed by atoms with Crippen molar-refractivity contribution in [3.8, 4) is 0 Å². The molecule has 1 aliphatic heterocycles. The summed E-state index contributed by atoms with van der Waals surface area (Å²) in [5.41, 5.74) is 0. The van der Waals surface area contributed by atoms with Gasteiger partial charge in [-0.2, -0.15) is 0 Å². The van der Waals surface area contributed by atoms with Gasteiger partial charge in [-0.05, 0) is 19.3 Å². The van der Waals surface area contributed by atoms with Gasteiger partial charge in [-0.1, -0.05) is 0 Å². The first kappa shape index (κ1) is 9.52. The predicted octanol–water partition coefficient (Wildman–Crippen LogP) is 0.805. The minimum atomic E-state index is -0.256. The van der Waals surface area contributed by atoms with E-state index in [-0.39, 0.29) is 17.7 Å². The molecule has 4 heteroatoms. The molecule has 68 valence electrons. The van der Waals surface area contributed by atoms with Crippen LogP contribution >= 0.6 is 11.6 Å². The van der Waals surface area contributed by atoms with Gasteiger partial charge in [-0.15, -0.1) is 11.6 Å². The highest BCUT2D eigenvalue weighted by molar-refractivity contribution is 6.28. The smallest absolute Gasteiger partial charge is 0.210 e. The summed E-state index contributed by atoms with van der Waals surface area (Å²) in [5, 5.41) is 0. The summed E-state index contributed by atoms with van der Waals surface area (Å²) < 4.78 is 0. The number of Topliss-reactive ketones (excluding diaryl/α,β-unsaturated/α-hetero) is 1. The molecule has 0 aromatic carbocycles. The first-order valence-corrected chi connectivity index (χ1v) is 4.62.